The lowest BCUT2D eigenvalue weighted by Crippen LogP contribution is -2.27. The first-order valence-electron chi connectivity index (χ1n) is 8.93. The molecule has 2 N–H and O–H groups in total. The van der Waals surface area contributed by atoms with Crippen LogP contribution in [0.4, 0.5) is 11.4 Å². The van der Waals surface area contributed by atoms with Crippen LogP contribution in [0.15, 0.2) is 82.7 Å². The number of nitriles is 1. The minimum absolute atomic E-state index is 0. The summed E-state index contributed by atoms with van der Waals surface area (Å²) >= 11 is 0. The van der Waals surface area contributed by atoms with Gasteiger partial charge in [-0.25, -0.2) is 13.4 Å². The molecule has 0 aromatic heterocycles. The van der Waals surface area contributed by atoms with Crippen molar-refractivity contribution in [2.24, 2.45) is 10.7 Å². The third-order valence-electron chi connectivity index (χ3n) is 4.47. The lowest BCUT2D eigenvalue weighted by atomic mass is 10.2. The van der Waals surface area contributed by atoms with Crippen LogP contribution in [0.5, 0.6) is 5.75 Å². The Kier molecular flexibility index (Phi) is 7.64. The zero-order chi connectivity index (χ0) is 21.7. The Morgan fingerprint density at radius 2 is 1.71 bits per heavy atom. The molecule has 0 aliphatic carbocycles. The second kappa shape index (κ2) is 9.98. The highest BCUT2D eigenvalue weighted by Gasteiger charge is 2.22. The maximum atomic E-state index is 13.1. The first-order chi connectivity index (χ1) is 14.3. The number of anilines is 1. The Morgan fingerprint density at radius 3 is 2.29 bits per heavy atom. The van der Waals surface area contributed by atoms with Crippen molar-refractivity contribution in [3.05, 3.63) is 83.9 Å². The van der Waals surface area contributed by atoms with Crippen molar-refractivity contribution in [3.63, 3.8) is 0 Å². The van der Waals surface area contributed by atoms with Crippen molar-refractivity contribution in [2.75, 3.05) is 18.5 Å². The first-order valence-corrected chi connectivity index (χ1v) is 10.4. The monoisotopic (exact) mass is 456 g/mol. The SMILES string of the molecule is COc1ccc(N(C)S(=O)(=O)c2cccc(/C(N)=N/c3ccc(C#N)cc3)c2)cc1.Cl. The van der Waals surface area contributed by atoms with E-state index in [9.17, 15) is 8.42 Å². The largest absolute Gasteiger partial charge is 0.497 e. The van der Waals surface area contributed by atoms with Crippen LogP contribution in [0.1, 0.15) is 11.1 Å². The zero-order valence-electron chi connectivity index (χ0n) is 16.9. The van der Waals surface area contributed by atoms with Crippen molar-refractivity contribution >= 4 is 39.6 Å². The Morgan fingerprint density at radius 1 is 1.06 bits per heavy atom. The molecule has 31 heavy (non-hydrogen) atoms. The Hall–Kier alpha value is -3.54. The minimum atomic E-state index is -3.80. The van der Waals surface area contributed by atoms with Crippen LogP contribution in [-0.4, -0.2) is 28.4 Å². The number of rotatable bonds is 6. The number of ether oxygens (including phenoxy) is 1. The smallest absolute Gasteiger partial charge is 0.264 e. The maximum Gasteiger partial charge on any atom is 0.264 e. The number of hydrogen-bond donors (Lipinski definition) is 1. The molecule has 160 valence electrons. The molecule has 7 nitrogen and oxygen atoms in total. The first kappa shape index (κ1) is 23.7. The van der Waals surface area contributed by atoms with Gasteiger partial charge in [-0.2, -0.15) is 5.26 Å². The van der Waals surface area contributed by atoms with E-state index in [0.29, 0.717) is 28.3 Å². The summed E-state index contributed by atoms with van der Waals surface area (Å²) in [5.41, 5.74) is 8.15. The normalized spacial score (nSPS) is 11.2. The number of nitrogens with zero attached hydrogens (tertiary/aromatic N) is 3. The van der Waals surface area contributed by atoms with Gasteiger partial charge in [0.15, 0.2) is 0 Å². The van der Waals surface area contributed by atoms with E-state index < -0.39 is 10.0 Å². The summed E-state index contributed by atoms with van der Waals surface area (Å²) in [4.78, 5) is 4.41. The molecule has 0 heterocycles. The molecule has 0 bridgehead atoms. The topological polar surface area (TPSA) is 109 Å². The van der Waals surface area contributed by atoms with Crippen LogP contribution in [0, 0.1) is 11.3 Å². The molecule has 0 aliphatic heterocycles. The van der Waals surface area contributed by atoms with Gasteiger partial charge in [0.2, 0.25) is 0 Å². The fraction of sp³-hybridized carbons (Fsp3) is 0.0909. The van der Waals surface area contributed by atoms with Gasteiger partial charge in [-0.1, -0.05) is 12.1 Å². The molecular weight excluding hydrogens is 436 g/mol. The molecule has 3 aromatic rings. The van der Waals surface area contributed by atoms with Gasteiger partial charge in [-0.05, 0) is 60.7 Å². The quantitative estimate of drug-likeness (QED) is 0.447. The summed E-state index contributed by atoms with van der Waals surface area (Å²) in [6, 6.07) is 21.7. The van der Waals surface area contributed by atoms with Gasteiger partial charge in [-0.15, -0.1) is 12.4 Å². The summed E-state index contributed by atoms with van der Waals surface area (Å²) in [6.07, 6.45) is 0. The third-order valence-corrected chi connectivity index (χ3v) is 6.25. The number of aliphatic imine (C=N–C) groups is 1. The van der Waals surface area contributed by atoms with Crippen LogP contribution >= 0.6 is 12.4 Å². The summed E-state index contributed by atoms with van der Waals surface area (Å²) < 4.78 is 32.5. The molecule has 0 unspecified atom stereocenters. The van der Waals surface area contributed by atoms with Crippen molar-refractivity contribution in [2.45, 2.75) is 4.90 Å². The van der Waals surface area contributed by atoms with E-state index in [1.165, 1.54) is 23.5 Å². The van der Waals surface area contributed by atoms with Crippen LogP contribution in [0.25, 0.3) is 0 Å². The fourth-order valence-electron chi connectivity index (χ4n) is 2.72. The maximum absolute atomic E-state index is 13.1. The van der Waals surface area contributed by atoms with E-state index >= 15 is 0 Å². The minimum Gasteiger partial charge on any atom is -0.497 e. The summed E-state index contributed by atoms with van der Waals surface area (Å²) in [7, 11) is -0.773. The summed E-state index contributed by atoms with van der Waals surface area (Å²) in [5, 5.41) is 8.87. The highest BCUT2D eigenvalue weighted by molar-refractivity contribution is 7.92. The predicted octanol–water partition coefficient (Wildman–Crippen LogP) is 3.85. The van der Waals surface area contributed by atoms with E-state index in [1.54, 1.807) is 67.8 Å². The number of nitrogens with two attached hydrogens (primary N) is 1. The summed E-state index contributed by atoms with van der Waals surface area (Å²) in [5.74, 6) is 0.808. The molecule has 3 aromatic carbocycles. The van der Waals surface area contributed by atoms with Crippen molar-refractivity contribution in [3.8, 4) is 11.8 Å². The molecule has 0 amide bonds. The molecule has 0 saturated heterocycles. The van der Waals surface area contributed by atoms with Crippen LogP contribution in [-0.2, 0) is 10.0 Å². The number of halogens is 1. The highest BCUT2D eigenvalue weighted by Crippen LogP contribution is 2.25. The fourth-order valence-corrected chi connectivity index (χ4v) is 3.96. The number of benzene rings is 3. The number of sulfonamides is 1. The van der Waals surface area contributed by atoms with Crippen molar-refractivity contribution in [1.29, 1.82) is 5.26 Å². The number of methoxy groups -OCH3 is 1. The van der Waals surface area contributed by atoms with Gasteiger partial charge < -0.3 is 10.5 Å². The van der Waals surface area contributed by atoms with E-state index in [2.05, 4.69) is 4.99 Å². The van der Waals surface area contributed by atoms with Gasteiger partial charge in [0.1, 0.15) is 11.6 Å². The lowest BCUT2D eigenvalue weighted by Gasteiger charge is -2.20. The van der Waals surface area contributed by atoms with E-state index in [4.69, 9.17) is 15.7 Å². The van der Waals surface area contributed by atoms with Gasteiger partial charge in [0.05, 0.1) is 35.0 Å². The number of hydrogen-bond acceptors (Lipinski definition) is 5. The second-order valence-corrected chi connectivity index (χ2v) is 8.32. The van der Waals surface area contributed by atoms with Crippen molar-refractivity contribution in [1.82, 2.24) is 0 Å². The van der Waals surface area contributed by atoms with E-state index in [1.807, 2.05) is 6.07 Å². The van der Waals surface area contributed by atoms with E-state index in [0.717, 1.165) is 0 Å². The van der Waals surface area contributed by atoms with E-state index in [-0.39, 0.29) is 23.1 Å². The van der Waals surface area contributed by atoms with Crippen LogP contribution in [0.2, 0.25) is 0 Å². The molecule has 9 heteroatoms. The molecule has 0 spiro atoms. The molecule has 0 aliphatic rings. The highest BCUT2D eigenvalue weighted by atomic mass is 35.5. The Labute approximate surface area is 187 Å². The molecular formula is C22H21ClN4O3S. The molecule has 0 atom stereocenters. The van der Waals surface area contributed by atoms with Gasteiger partial charge in [-0.3, -0.25) is 4.31 Å². The average molecular weight is 457 g/mol. The second-order valence-electron chi connectivity index (χ2n) is 6.35. The molecule has 3 rings (SSSR count). The predicted molar refractivity (Wildman–Crippen MR) is 124 cm³/mol. The Balaban J connectivity index is 0.00000341. The molecule has 0 saturated carbocycles. The standard InChI is InChI=1S/C22H20N4O3S.ClH/c1-26(19-10-12-20(29-2)13-11-19)30(27,28)21-5-3-4-17(14-21)22(24)25-18-8-6-16(15-23)7-9-18;/h3-14H,1-2H3,(H2,24,25);1H. The molecule has 0 fully saturated rings. The van der Waals surface area contributed by atoms with Gasteiger partial charge in [0.25, 0.3) is 10.0 Å². The molecule has 0 radical (unpaired) electrons. The van der Waals surface area contributed by atoms with Gasteiger partial charge >= 0.3 is 0 Å². The summed E-state index contributed by atoms with van der Waals surface area (Å²) in [6.45, 7) is 0. The zero-order valence-corrected chi connectivity index (χ0v) is 18.5. The lowest BCUT2D eigenvalue weighted by molar-refractivity contribution is 0.415. The third kappa shape index (κ3) is 5.34. The Bertz CT molecular complexity index is 1220. The van der Waals surface area contributed by atoms with Crippen molar-refractivity contribution < 1.29 is 13.2 Å². The van der Waals surface area contributed by atoms with Crippen LogP contribution in [0.3, 0.4) is 0 Å². The van der Waals surface area contributed by atoms with Gasteiger partial charge in [0, 0.05) is 12.6 Å². The average Bonchev–Trinajstić information content (AvgIpc) is 2.79. The number of amidine groups is 1. The van der Waals surface area contributed by atoms with Crippen LogP contribution < -0.4 is 14.8 Å².